The molecule has 0 bridgehead atoms. The monoisotopic (exact) mass is 363 g/mol. The average Bonchev–Trinajstić information content (AvgIpc) is 3.08. The Morgan fingerprint density at radius 1 is 1.36 bits per heavy atom. The third-order valence-electron chi connectivity index (χ3n) is 4.09. The zero-order chi connectivity index (χ0) is 18.6. The molecule has 1 aliphatic heterocycles. The van der Waals surface area contributed by atoms with Crippen molar-refractivity contribution in [3.05, 3.63) is 46.0 Å². The van der Waals surface area contributed by atoms with Crippen molar-refractivity contribution in [3.63, 3.8) is 0 Å². The van der Waals surface area contributed by atoms with Gasteiger partial charge in [-0.3, -0.25) is 19.7 Å². The Morgan fingerprint density at radius 2 is 2.00 bits per heavy atom. The van der Waals surface area contributed by atoms with Crippen LogP contribution in [0.5, 0.6) is 0 Å². The molecule has 1 aromatic rings. The first-order chi connectivity index (χ1) is 11.8. The van der Waals surface area contributed by atoms with Crippen molar-refractivity contribution in [3.8, 4) is 0 Å². The summed E-state index contributed by atoms with van der Waals surface area (Å²) in [5.41, 5.74) is 0.690. The molecular formula is C17H21N3O4S. The summed E-state index contributed by atoms with van der Waals surface area (Å²) >= 11 is 1.55. The topological polar surface area (TPSA) is 83.8 Å². The molecular weight excluding hydrogens is 342 g/mol. The fraction of sp³-hybridized carbons (Fsp3) is 0.412. The van der Waals surface area contributed by atoms with Gasteiger partial charge in [-0.2, -0.15) is 0 Å². The lowest BCUT2D eigenvalue weighted by molar-refractivity contribution is -0.384. The van der Waals surface area contributed by atoms with Gasteiger partial charge in [-0.1, -0.05) is 0 Å². The summed E-state index contributed by atoms with van der Waals surface area (Å²) in [7, 11) is 1.74. The molecule has 25 heavy (non-hydrogen) atoms. The van der Waals surface area contributed by atoms with Crippen molar-refractivity contribution in [1.82, 2.24) is 9.80 Å². The zero-order valence-electron chi connectivity index (χ0n) is 14.4. The Bertz CT molecular complexity index is 688. The van der Waals surface area contributed by atoms with Crippen molar-refractivity contribution in [1.29, 1.82) is 0 Å². The summed E-state index contributed by atoms with van der Waals surface area (Å²) in [6.07, 6.45) is 3.01. The number of benzene rings is 1. The fourth-order valence-corrected chi connectivity index (χ4v) is 3.48. The van der Waals surface area contributed by atoms with E-state index in [1.807, 2.05) is 13.8 Å². The molecule has 1 unspecified atom stereocenters. The summed E-state index contributed by atoms with van der Waals surface area (Å²) in [6.45, 7) is 3.86. The third-order valence-corrected chi connectivity index (χ3v) is 5.11. The highest BCUT2D eigenvalue weighted by atomic mass is 32.2. The SMILES string of the molecule is CC(C)N(C)C(=O)C1CSCN1C(=O)/C=C/c1ccc([N+](=O)[O-])cc1. The predicted octanol–water partition coefficient (Wildman–Crippen LogP) is 2.38. The first-order valence-electron chi connectivity index (χ1n) is 7.89. The smallest absolute Gasteiger partial charge is 0.269 e. The molecule has 2 rings (SSSR count). The molecule has 0 aliphatic carbocycles. The van der Waals surface area contributed by atoms with E-state index < -0.39 is 11.0 Å². The van der Waals surface area contributed by atoms with Gasteiger partial charge in [-0.25, -0.2) is 0 Å². The van der Waals surface area contributed by atoms with Gasteiger partial charge in [0.2, 0.25) is 11.8 Å². The number of non-ortho nitro benzene ring substituents is 1. The van der Waals surface area contributed by atoms with Crippen LogP contribution in [-0.4, -0.2) is 57.3 Å². The standard InChI is InChI=1S/C17H21N3O4S/c1-12(2)18(3)17(22)15-10-25-11-19(15)16(21)9-6-13-4-7-14(8-5-13)20(23)24/h4-9,12,15H,10-11H2,1-3H3/b9-6+. The number of nitro benzene ring substituents is 1. The second-order valence-corrected chi connectivity index (χ2v) is 7.05. The largest absolute Gasteiger partial charge is 0.342 e. The first kappa shape index (κ1) is 19.0. The highest BCUT2D eigenvalue weighted by Gasteiger charge is 2.35. The highest BCUT2D eigenvalue weighted by Crippen LogP contribution is 2.23. The molecule has 1 fully saturated rings. The van der Waals surface area contributed by atoms with Crippen LogP contribution < -0.4 is 0 Å². The summed E-state index contributed by atoms with van der Waals surface area (Å²) in [5, 5.41) is 10.6. The maximum atomic E-state index is 12.5. The van der Waals surface area contributed by atoms with Gasteiger partial charge < -0.3 is 9.80 Å². The number of nitro groups is 1. The van der Waals surface area contributed by atoms with E-state index in [2.05, 4.69) is 0 Å². The quantitative estimate of drug-likeness (QED) is 0.456. The first-order valence-corrected chi connectivity index (χ1v) is 9.04. The van der Waals surface area contributed by atoms with E-state index in [0.717, 1.165) is 0 Å². The van der Waals surface area contributed by atoms with Crippen LogP contribution in [0.3, 0.4) is 0 Å². The van der Waals surface area contributed by atoms with Gasteiger partial charge >= 0.3 is 0 Å². The molecule has 2 amide bonds. The summed E-state index contributed by atoms with van der Waals surface area (Å²) in [5.74, 6) is 0.773. The minimum atomic E-state index is -0.471. The molecule has 1 aliphatic rings. The molecule has 0 saturated carbocycles. The van der Waals surface area contributed by atoms with Crippen molar-refractivity contribution in [2.45, 2.75) is 25.9 Å². The van der Waals surface area contributed by atoms with Crippen LogP contribution in [0, 0.1) is 10.1 Å². The van der Waals surface area contributed by atoms with E-state index in [0.29, 0.717) is 17.2 Å². The Balaban J connectivity index is 2.06. The lowest BCUT2D eigenvalue weighted by Crippen LogP contribution is -2.49. The van der Waals surface area contributed by atoms with Crippen LogP contribution in [0.1, 0.15) is 19.4 Å². The van der Waals surface area contributed by atoms with Gasteiger partial charge in [0.05, 0.1) is 10.8 Å². The molecule has 0 aromatic heterocycles. The number of amides is 2. The van der Waals surface area contributed by atoms with Gasteiger partial charge in [0.25, 0.3) is 5.69 Å². The fourth-order valence-electron chi connectivity index (χ4n) is 2.32. The van der Waals surface area contributed by atoms with Crippen LogP contribution in [0.15, 0.2) is 30.3 Å². The number of nitrogens with zero attached hydrogens (tertiary/aromatic N) is 3. The molecule has 134 valence electrons. The molecule has 1 atom stereocenters. The lowest BCUT2D eigenvalue weighted by atomic mass is 10.2. The molecule has 1 aromatic carbocycles. The predicted molar refractivity (Wildman–Crippen MR) is 98.0 cm³/mol. The maximum absolute atomic E-state index is 12.5. The molecule has 1 saturated heterocycles. The summed E-state index contributed by atoms with van der Waals surface area (Å²) in [4.78, 5) is 38.3. The number of hydrogen-bond acceptors (Lipinski definition) is 5. The Hall–Kier alpha value is -2.35. The third kappa shape index (κ3) is 4.60. The normalized spacial score (nSPS) is 17.3. The van der Waals surface area contributed by atoms with Crippen molar-refractivity contribution in [2.24, 2.45) is 0 Å². The minimum Gasteiger partial charge on any atom is -0.342 e. The van der Waals surface area contributed by atoms with Gasteiger partial charge in [0.1, 0.15) is 6.04 Å². The Morgan fingerprint density at radius 3 is 2.56 bits per heavy atom. The van der Waals surface area contributed by atoms with Crippen LogP contribution in [0.4, 0.5) is 5.69 Å². The number of likely N-dealkylation sites (N-methyl/N-ethyl adjacent to an activating group) is 1. The van der Waals surface area contributed by atoms with E-state index in [1.54, 1.807) is 46.8 Å². The molecule has 8 heteroatoms. The number of hydrogen-bond donors (Lipinski definition) is 0. The van der Waals surface area contributed by atoms with Crippen molar-refractivity contribution >= 4 is 35.3 Å². The van der Waals surface area contributed by atoms with Gasteiger partial charge in [-0.05, 0) is 37.6 Å². The van der Waals surface area contributed by atoms with E-state index >= 15 is 0 Å². The summed E-state index contributed by atoms with van der Waals surface area (Å²) < 4.78 is 0. The molecule has 7 nitrogen and oxygen atoms in total. The molecule has 0 spiro atoms. The van der Waals surface area contributed by atoms with E-state index in [9.17, 15) is 19.7 Å². The van der Waals surface area contributed by atoms with Crippen molar-refractivity contribution in [2.75, 3.05) is 18.7 Å². The van der Waals surface area contributed by atoms with Gasteiger partial charge in [-0.15, -0.1) is 11.8 Å². The van der Waals surface area contributed by atoms with Gasteiger partial charge in [0.15, 0.2) is 0 Å². The van der Waals surface area contributed by atoms with Crippen molar-refractivity contribution < 1.29 is 14.5 Å². The molecule has 0 N–H and O–H groups in total. The Labute approximate surface area is 150 Å². The van der Waals surface area contributed by atoms with E-state index in [1.165, 1.54) is 18.2 Å². The van der Waals surface area contributed by atoms with Crippen LogP contribution in [0.2, 0.25) is 0 Å². The molecule has 1 heterocycles. The number of thioether (sulfide) groups is 1. The minimum absolute atomic E-state index is 0.00167. The van der Waals surface area contributed by atoms with Crippen LogP contribution in [-0.2, 0) is 9.59 Å². The van der Waals surface area contributed by atoms with E-state index in [4.69, 9.17) is 0 Å². The second-order valence-electron chi connectivity index (χ2n) is 6.05. The second kappa shape index (κ2) is 8.15. The maximum Gasteiger partial charge on any atom is 0.269 e. The molecule has 0 radical (unpaired) electrons. The number of carbonyl (C=O) groups excluding carboxylic acids is 2. The lowest BCUT2D eigenvalue weighted by Gasteiger charge is -2.29. The Kier molecular flexibility index (Phi) is 6.19. The summed E-state index contributed by atoms with van der Waals surface area (Å²) in [6, 6.07) is 5.56. The van der Waals surface area contributed by atoms with Crippen LogP contribution >= 0.6 is 11.8 Å². The highest BCUT2D eigenvalue weighted by molar-refractivity contribution is 7.99. The van der Waals surface area contributed by atoms with Gasteiger partial charge in [0, 0.05) is 37.1 Å². The van der Waals surface area contributed by atoms with Crippen LogP contribution in [0.25, 0.3) is 6.08 Å². The number of rotatable bonds is 5. The zero-order valence-corrected chi connectivity index (χ0v) is 15.2. The number of carbonyl (C=O) groups is 2. The van der Waals surface area contributed by atoms with E-state index in [-0.39, 0.29) is 23.5 Å². The average molecular weight is 363 g/mol.